The van der Waals surface area contributed by atoms with Crippen LogP contribution in [0.3, 0.4) is 0 Å². The van der Waals surface area contributed by atoms with E-state index < -0.39 is 33.3 Å². The van der Waals surface area contributed by atoms with Crippen LogP contribution in [0.5, 0.6) is 5.75 Å². The Morgan fingerprint density at radius 2 is 2.11 bits per heavy atom. The first-order valence-corrected chi connectivity index (χ1v) is 11.4. The van der Waals surface area contributed by atoms with Crippen molar-refractivity contribution in [3.05, 3.63) is 56.3 Å². The van der Waals surface area contributed by atoms with Gasteiger partial charge in [-0.2, -0.15) is 0 Å². The highest BCUT2D eigenvalue weighted by molar-refractivity contribution is 7.91. The molecular formula is C18H20N2O6S2. The van der Waals surface area contributed by atoms with Gasteiger partial charge in [0.1, 0.15) is 0 Å². The average Bonchev–Trinajstić information content (AvgIpc) is 3.22. The summed E-state index contributed by atoms with van der Waals surface area (Å²) >= 11 is 1.50. The van der Waals surface area contributed by atoms with Crippen LogP contribution in [-0.4, -0.2) is 48.3 Å². The first-order chi connectivity index (χ1) is 13.3. The first-order valence-electron chi connectivity index (χ1n) is 8.66. The molecule has 0 radical (unpaired) electrons. The van der Waals surface area contributed by atoms with Gasteiger partial charge in [-0.25, -0.2) is 8.42 Å². The number of para-hydroxylation sites is 2. The van der Waals surface area contributed by atoms with Gasteiger partial charge in [0.15, 0.2) is 22.2 Å². The molecule has 150 valence electrons. The van der Waals surface area contributed by atoms with Crippen molar-refractivity contribution in [1.29, 1.82) is 0 Å². The summed E-state index contributed by atoms with van der Waals surface area (Å²) in [6.07, 6.45) is 0.379. The molecule has 1 aliphatic heterocycles. The zero-order valence-electron chi connectivity index (χ0n) is 15.2. The van der Waals surface area contributed by atoms with Crippen LogP contribution in [0.2, 0.25) is 0 Å². The van der Waals surface area contributed by atoms with Crippen LogP contribution in [0.15, 0.2) is 35.7 Å². The number of nitro benzene ring substituents is 1. The van der Waals surface area contributed by atoms with Crippen molar-refractivity contribution in [1.82, 2.24) is 4.90 Å². The molecule has 1 aliphatic rings. The summed E-state index contributed by atoms with van der Waals surface area (Å²) in [6, 6.07) is 7.35. The highest BCUT2D eigenvalue weighted by Gasteiger charge is 2.35. The van der Waals surface area contributed by atoms with Gasteiger partial charge in [-0.1, -0.05) is 12.1 Å². The van der Waals surface area contributed by atoms with Gasteiger partial charge in [0, 0.05) is 17.0 Å². The lowest BCUT2D eigenvalue weighted by molar-refractivity contribution is -0.385. The predicted octanol–water partition coefficient (Wildman–Crippen LogP) is 2.56. The van der Waals surface area contributed by atoms with E-state index in [1.165, 1.54) is 34.4 Å². The molecule has 1 atom stereocenters. The molecule has 2 heterocycles. The van der Waals surface area contributed by atoms with Crippen molar-refractivity contribution in [3.63, 3.8) is 0 Å². The van der Waals surface area contributed by atoms with E-state index in [2.05, 4.69) is 0 Å². The summed E-state index contributed by atoms with van der Waals surface area (Å²) in [6.45, 7) is 1.83. The Labute approximate surface area is 166 Å². The Morgan fingerprint density at radius 3 is 2.71 bits per heavy atom. The van der Waals surface area contributed by atoms with Gasteiger partial charge in [-0.15, -0.1) is 11.3 Å². The van der Waals surface area contributed by atoms with E-state index in [0.29, 0.717) is 13.0 Å². The van der Waals surface area contributed by atoms with E-state index >= 15 is 0 Å². The molecular weight excluding hydrogens is 404 g/mol. The van der Waals surface area contributed by atoms with Crippen LogP contribution in [0.1, 0.15) is 16.9 Å². The van der Waals surface area contributed by atoms with Crippen molar-refractivity contribution >= 4 is 32.8 Å². The van der Waals surface area contributed by atoms with Crippen molar-refractivity contribution in [2.24, 2.45) is 0 Å². The Hall–Kier alpha value is -2.46. The van der Waals surface area contributed by atoms with Crippen LogP contribution in [-0.2, 0) is 21.2 Å². The summed E-state index contributed by atoms with van der Waals surface area (Å²) in [4.78, 5) is 25.9. The fraction of sp³-hybridized carbons (Fsp3) is 0.389. The zero-order valence-corrected chi connectivity index (χ0v) is 16.9. The second kappa shape index (κ2) is 8.27. The normalized spacial score (nSPS) is 18.0. The monoisotopic (exact) mass is 424 g/mol. The maximum absolute atomic E-state index is 12.9. The zero-order chi connectivity index (χ0) is 20.3. The number of hydrogen-bond acceptors (Lipinski definition) is 7. The standard InChI is InChI=1S/C18H20N2O6S2/c1-13-6-8-27-17(13)10-19(14-7-9-28(24,25)12-14)18(21)11-26-16-5-3-2-4-15(16)20(22)23/h2-6,8,14H,7,9-12H2,1H3/t14-/m1/s1. The van der Waals surface area contributed by atoms with E-state index in [9.17, 15) is 23.3 Å². The number of nitrogens with zero attached hydrogens (tertiary/aromatic N) is 2. The number of sulfone groups is 1. The minimum atomic E-state index is -3.17. The average molecular weight is 425 g/mol. The second-order valence-corrected chi connectivity index (χ2v) is 9.85. The number of carbonyl (C=O) groups excluding carboxylic acids is 1. The number of carbonyl (C=O) groups is 1. The number of aryl methyl sites for hydroxylation is 1. The van der Waals surface area contributed by atoms with Gasteiger partial charge >= 0.3 is 5.69 Å². The van der Waals surface area contributed by atoms with Crippen molar-refractivity contribution in [2.45, 2.75) is 25.9 Å². The minimum Gasteiger partial charge on any atom is -0.477 e. The van der Waals surface area contributed by atoms with Crippen LogP contribution < -0.4 is 4.74 Å². The third-order valence-corrected chi connectivity index (χ3v) is 7.42. The lowest BCUT2D eigenvalue weighted by Crippen LogP contribution is -2.43. The molecule has 0 N–H and O–H groups in total. The number of thiophene rings is 1. The fourth-order valence-corrected chi connectivity index (χ4v) is 5.75. The number of rotatable bonds is 7. The van der Waals surface area contributed by atoms with Crippen LogP contribution in [0, 0.1) is 17.0 Å². The van der Waals surface area contributed by atoms with Crippen molar-refractivity contribution in [3.8, 4) is 5.75 Å². The number of amides is 1. The molecule has 8 nitrogen and oxygen atoms in total. The molecule has 0 unspecified atom stereocenters. The molecule has 1 amide bonds. The van der Waals surface area contributed by atoms with Gasteiger partial charge < -0.3 is 9.64 Å². The smallest absolute Gasteiger partial charge is 0.310 e. The number of ether oxygens (including phenoxy) is 1. The third-order valence-electron chi connectivity index (χ3n) is 4.66. The summed E-state index contributed by atoms with van der Waals surface area (Å²) in [7, 11) is -3.17. The Balaban J connectivity index is 1.77. The first kappa shape index (κ1) is 20.3. The van der Waals surface area contributed by atoms with Crippen LogP contribution >= 0.6 is 11.3 Å². The van der Waals surface area contributed by atoms with E-state index in [-0.39, 0.29) is 22.9 Å². The van der Waals surface area contributed by atoms with E-state index in [4.69, 9.17) is 4.74 Å². The topological polar surface area (TPSA) is 107 Å². The molecule has 0 aliphatic carbocycles. The molecule has 1 aromatic heterocycles. The highest BCUT2D eigenvalue weighted by Crippen LogP contribution is 2.27. The third kappa shape index (κ3) is 4.68. The molecule has 28 heavy (non-hydrogen) atoms. The van der Waals surface area contributed by atoms with E-state index in [1.807, 2.05) is 18.4 Å². The summed E-state index contributed by atoms with van der Waals surface area (Å²) < 4.78 is 29.2. The van der Waals surface area contributed by atoms with Crippen molar-refractivity contribution < 1.29 is 22.9 Å². The SMILES string of the molecule is Cc1ccsc1CN(C(=O)COc1ccccc1[N+](=O)[O-])[C@@H]1CCS(=O)(=O)C1. The summed E-state index contributed by atoms with van der Waals surface area (Å²) in [5.74, 6) is -0.412. The Morgan fingerprint density at radius 1 is 1.36 bits per heavy atom. The lowest BCUT2D eigenvalue weighted by Gasteiger charge is -2.28. The quantitative estimate of drug-likeness (QED) is 0.499. The summed E-state index contributed by atoms with van der Waals surface area (Å²) in [5.41, 5.74) is 0.808. The Bertz CT molecular complexity index is 985. The minimum absolute atomic E-state index is 0.00662. The van der Waals surface area contributed by atoms with Gasteiger partial charge in [0.2, 0.25) is 0 Å². The molecule has 10 heteroatoms. The molecule has 1 saturated heterocycles. The summed E-state index contributed by atoms with van der Waals surface area (Å²) in [5, 5.41) is 13.0. The molecule has 2 aromatic rings. The second-order valence-electron chi connectivity index (χ2n) is 6.62. The molecule has 1 aromatic carbocycles. The maximum Gasteiger partial charge on any atom is 0.310 e. The van der Waals surface area contributed by atoms with Gasteiger partial charge in [-0.05, 0) is 36.4 Å². The van der Waals surface area contributed by atoms with Gasteiger partial charge in [0.25, 0.3) is 5.91 Å². The maximum atomic E-state index is 12.9. The van der Waals surface area contributed by atoms with E-state index in [0.717, 1.165) is 10.4 Å². The molecule has 0 saturated carbocycles. The van der Waals surface area contributed by atoms with Gasteiger partial charge in [-0.3, -0.25) is 14.9 Å². The highest BCUT2D eigenvalue weighted by atomic mass is 32.2. The molecule has 0 bridgehead atoms. The van der Waals surface area contributed by atoms with E-state index in [1.54, 1.807) is 6.07 Å². The number of benzene rings is 1. The molecule has 1 fully saturated rings. The molecule has 0 spiro atoms. The predicted molar refractivity (Wildman–Crippen MR) is 105 cm³/mol. The van der Waals surface area contributed by atoms with Crippen LogP contribution in [0.4, 0.5) is 5.69 Å². The van der Waals surface area contributed by atoms with Crippen molar-refractivity contribution in [2.75, 3.05) is 18.1 Å². The number of nitro groups is 1. The van der Waals surface area contributed by atoms with Crippen LogP contribution in [0.25, 0.3) is 0 Å². The largest absolute Gasteiger partial charge is 0.477 e. The number of hydrogen-bond donors (Lipinski definition) is 0. The fourth-order valence-electron chi connectivity index (χ4n) is 3.12. The lowest BCUT2D eigenvalue weighted by atomic mass is 10.2. The Kier molecular flexibility index (Phi) is 5.99. The molecule has 3 rings (SSSR count). The van der Waals surface area contributed by atoms with Gasteiger partial charge in [0.05, 0.1) is 23.0 Å².